The zero-order chi connectivity index (χ0) is 12.3. The van der Waals surface area contributed by atoms with Crippen molar-refractivity contribution in [3.8, 4) is 11.4 Å². The highest BCUT2D eigenvalue weighted by atomic mass is 19.1. The number of benzene rings is 1. The Morgan fingerprint density at radius 2 is 2.35 bits per heavy atom. The summed E-state index contributed by atoms with van der Waals surface area (Å²) >= 11 is 0. The Balaban J connectivity index is 2.20. The SMILES string of the molecule is NC(=O)COc1ccc(-n2cnnn2)c(F)c1. The molecule has 0 bridgehead atoms. The van der Waals surface area contributed by atoms with E-state index in [1.807, 2.05) is 0 Å². The van der Waals surface area contributed by atoms with Crippen LogP contribution in [-0.4, -0.2) is 32.7 Å². The van der Waals surface area contributed by atoms with Crippen LogP contribution >= 0.6 is 0 Å². The van der Waals surface area contributed by atoms with Crippen LogP contribution in [0.2, 0.25) is 0 Å². The standard InChI is InChI=1S/C9H8FN5O2/c10-7-3-6(17-4-9(11)16)1-2-8(7)15-5-12-13-14-15/h1-3,5H,4H2,(H2,11,16). The lowest BCUT2D eigenvalue weighted by Crippen LogP contribution is -2.20. The van der Waals surface area contributed by atoms with Gasteiger partial charge in [-0.25, -0.2) is 4.39 Å². The molecule has 7 nitrogen and oxygen atoms in total. The Kier molecular flexibility index (Phi) is 2.95. The minimum Gasteiger partial charge on any atom is -0.484 e. The van der Waals surface area contributed by atoms with Crippen molar-refractivity contribution in [2.45, 2.75) is 0 Å². The lowest BCUT2D eigenvalue weighted by molar-refractivity contribution is -0.119. The number of rotatable bonds is 4. The molecule has 0 atom stereocenters. The predicted molar refractivity (Wildman–Crippen MR) is 53.8 cm³/mol. The molecule has 8 heteroatoms. The van der Waals surface area contributed by atoms with Gasteiger partial charge in [-0.15, -0.1) is 5.10 Å². The Labute approximate surface area is 95.0 Å². The maximum Gasteiger partial charge on any atom is 0.255 e. The number of carbonyl (C=O) groups excluding carboxylic acids is 1. The molecule has 2 rings (SSSR count). The summed E-state index contributed by atoms with van der Waals surface area (Å²) in [7, 11) is 0. The van der Waals surface area contributed by atoms with Gasteiger partial charge in [-0.2, -0.15) is 4.68 Å². The van der Waals surface area contributed by atoms with Gasteiger partial charge in [0.1, 0.15) is 17.8 Å². The second-order valence-electron chi connectivity index (χ2n) is 3.12. The van der Waals surface area contributed by atoms with Gasteiger partial charge in [0, 0.05) is 6.07 Å². The zero-order valence-electron chi connectivity index (χ0n) is 8.58. The van der Waals surface area contributed by atoms with Crippen molar-refractivity contribution in [1.29, 1.82) is 0 Å². The van der Waals surface area contributed by atoms with Crippen LogP contribution in [0.15, 0.2) is 24.5 Å². The highest BCUT2D eigenvalue weighted by Gasteiger charge is 2.08. The fourth-order valence-corrected chi connectivity index (χ4v) is 1.19. The molecular weight excluding hydrogens is 229 g/mol. The predicted octanol–water partition coefficient (Wildman–Crippen LogP) is -0.335. The van der Waals surface area contributed by atoms with Gasteiger partial charge in [0.2, 0.25) is 0 Å². The number of nitrogens with two attached hydrogens (primary N) is 1. The minimum atomic E-state index is -0.630. The topological polar surface area (TPSA) is 95.9 Å². The molecule has 17 heavy (non-hydrogen) atoms. The molecule has 88 valence electrons. The molecule has 0 aliphatic heterocycles. The average molecular weight is 237 g/mol. The van der Waals surface area contributed by atoms with Crippen LogP contribution in [0.4, 0.5) is 4.39 Å². The highest BCUT2D eigenvalue weighted by molar-refractivity contribution is 5.75. The molecule has 0 saturated heterocycles. The summed E-state index contributed by atoms with van der Waals surface area (Å²) in [6, 6.07) is 4.05. The van der Waals surface area contributed by atoms with Crippen LogP contribution in [0.1, 0.15) is 0 Å². The van der Waals surface area contributed by atoms with E-state index in [-0.39, 0.29) is 18.0 Å². The van der Waals surface area contributed by atoms with Gasteiger partial charge < -0.3 is 10.5 Å². The second kappa shape index (κ2) is 4.56. The number of tetrazole rings is 1. The number of halogens is 1. The van der Waals surface area contributed by atoms with Crippen molar-refractivity contribution in [1.82, 2.24) is 20.2 Å². The summed E-state index contributed by atoms with van der Waals surface area (Å²) in [6.45, 7) is -0.302. The summed E-state index contributed by atoms with van der Waals surface area (Å²) in [5, 5.41) is 10.3. The molecule has 0 saturated carbocycles. The first-order chi connectivity index (χ1) is 8.16. The van der Waals surface area contributed by atoms with Gasteiger partial charge in [-0.3, -0.25) is 4.79 Å². The van der Waals surface area contributed by atoms with Crippen molar-refractivity contribution in [3.63, 3.8) is 0 Å². The van der Waals surface area contributed by atoms with Gasteiger partial charge in [-0.05, 0) is 22.6 Å². The number of amides is 1. The van der Waals surface area contributed by atoms with Gasteiger partial charge in [0.15, 0.2) is 12.4 Å². The number of hydrogen-bond donors (Lipinski definition) is 1. The van der Waals surface area contributed by atoms with E-state index in [9.17, 15) is 9.18 Å². The van der Waals surface area contributed by atoms with E-state index in [4.69, 9.17) is 10.5 Å². The Hall–Kier alpha value is -2.51. The maximum atomic E-state index is 13.6. The van der Waals surface area contributed by atoms with Gasteiger partial charge in [-0.1, -0.05) is 0 Å². The van der Waals surface area contributed by atoms with E-state index < -0.39 is 11.7 Å². The number of primary amides is 1. The lowest BCUT2D eigenvalue weighted by atomic mass is 10.3. The molecule has 2 N–H and O–H groups in total. The van der Waals surface area contributed by atoms with Crippen molar-refractivity contribution in [3.05, 3.63) is 30.3 Å². The summed E-state index contributed by atoms with van der Waals surface area (Å²) in [6.07, 6.45) is 1.27. The molecule has 1 amide bonds. The summed E-state index contributed by atoms with van der Waals surface area (Å²) < 4.78 is 19.7. The molecule has 0 radical (unpaired) electrons. The maximum absolute atomic E-state index is 13.6. The molecule has 0 aliphatic carbocycles. The molecule has 1 heterocycles. The van der Waals surface area contributed by atoms with Gasteiger partial charge in [0.25, 0.3) is 5.91 Å². The molecule has 0 unspecified atom stereocenters. The number of ether oxygens (including phenoxy) is 1. The Bertz CT molecular complexity index is 528. The fourth-order valence-electron chi connectivity index (χ4n) is 1.19. The first-order valence-corrected chi connectivity index (χ1v) is 4.61. The van der Waals surface area contributed by atoms with Gasteiger partial charge >= 0.3 is 0 Å². The lowest BCUT2D eigenvalue weighted by Gasteiger charge is -2.06. The molecule has 0 aliphatic rings. The third kappa shape index (κ3) is 2.54. The molecule has 0 fully saturated rings. The minimum absolute atomic E-state index is 0.182. The third-order valence-electron chi connectivity index (χ3n) is 1.90. The quantitative estimate of drug-likeness (QED) is 0.785. The van der Waals surface area contributed by atoms with E-state index in [1.165, 1.54) is 23.1 Å². The van der Waals surface area contributed by atoms with Crippen molar-refractivity contribution in [2.24, 2.45) is 5.73 Å². The summed E-state index contributed by atoms with van der Waals surface area (Å²) in [5.74, 6) is -0.993. The van der Waals surface area contributed by atoms with Crippen LogP contribution in [0.3, 0.4) is 0 Å². The first-order valence-electron chi connectivity index (χ1n) is 4.61. The largest absolute Gasteiger partial charge is 0.484 e. The summed E-state index contributed by atoms with van der Waals surface area (Å²) in [4.78, 5) is 10.5. The number of hydrogen-bond acceptors (Lipinski definition) is 5. The average Bonchev–Trinajstić information content (AvgIpc) is 2.79. The molecule has 1 aromatic heterocycles. The monoisotopic (exact) mass is 237 g/mol. The first kappa shape index (κ1) is 11.0. The number of carbonyl (C=O) groups is 1. The number of nitrogens with zero attached hydrogens (tertiary/aromatic N) is 4. The Morgan fingerprint density at radius 1 is 1.53 bits per heavy atom. The van der Waals surface area contributed by atoms with Crippen LogP contribution in [0.25, 0.3) is 5.69 Å². The van der Waals surface area contributed by atoms with Gasteiger partial charge in [0.05, 0.1) is 0 Å². The fraction of sp³-hybridized carbons (Fsp3) is 0.111. The molecule has 2 aromatic rings. The van der Waals surface area contributed by atoms with Crippen molar-refractivity contribution < 1.29 is 13.9 Å². The second-order valence-corrected chi connectivity index (χ2v) is 3.12. The smallest absolute Gasteiger partial charge is 0.255 e. The molecule has 0 spiro atoms. The van der Waals surface area contributed by atoms with Crippen LogP contribution in [0.5, 0.6) is 5.75 Å². The van der Waals surface area contributed by atoms with Crippen molar-refractivity contribution >= 4 is 5.91 Å². The van der Waals surface area contributed by atoms with E-state index >= 15 is 0 Å². The zero-order valence-corrected chi connectivity index (χ0v) is 8.58. The van der Waals surface area contributed by atoms with Crippen LogP contribution < -0.4 is 10.5 Å². The number of aromatic nitrogens is 4. The third-order valence-corrected chi connectivity index (χ3v) is 1.90. The summed E-state index contributed by atoms with van der Waals surface area (Å²) in [5.41, 5.74) is 5.08. The van der Waals surface area contributed by atoms with Crippen LogP contribution in [0, 0.1) is 5.82 Å². The van der Waals surface area contributed by atoms with E-state index in [0.717, 1.165) is 6.07 Å². The van der Waals surface area contributed by atoms with E-state index in [1.54, 1.807) is 0 Å². The molecular formula is C9H8FN5O2. The van der Waals surface area contributed by atoms with Crippen LogP contribution in [-0.2, 0) is 4.79 Å². The van der Waals surface area contributed by atoms with Crippen molar-refractivity contribution in [2.75, 3.05) is 6.61 Å². The highest BCUT2D eigenvalue weighted by Crippen LogP contribution is 2.18. The molecule has 1 aromatic carbocycles. The normalized spacial score (nSPS) is 10.2. The van der Waals surface area contributed by atoms with E-state index in [0.29, 0.717) is 0 Å². The Morgan fingerprint density at radius 3 is 2.94 bits per heavy atom. The van der Waals surface area contributed by atoms with E-state index in [2.05, 4.69) is 15.5 Å².